The number of imidazole rings is 1. The monoisotopic (exact) mass is 334 g/mol. The van der Waals surface area contributed by atoms with Crippen molar-refractivity contribution in [1.29, 1.82) is 0 Å². The van der Waals surface area contributed by atoms with Gasteiger partial charge in [-0.3, -0.25) is 0 Å². The van der Waals surface area contributed by atoms with Gasteiger partial charge in [-0.2, -0.15) is 0 Å². The first-order chi connectivity index (χ1) is 7.59. The minimum Gasteiger partial charge on any atom is -0.328 e. The molecule has 0 saturated heterocycles. The summed E-state index contributed by atoms with van der Waals surface area (Å²) in [5.74, 6) is 0.261. The van der Waals surface area contributed by atoms with E-state index in [-0.39, 0.29) is 3.57 Å². The zero-order valence-corrected chi connectivity index (χ0v) is 10.8. The van der Waals surface area contributed by atoms with Gasteiger partial charge in [0.15, 0.2) is 5.82 Å². The molecular weight excluding hydrogens is 325 g/mol. The predicted octanol–water partition coefficient (Wildman–Crippen LogP) is 3.33. The van der Waals surface area contributed by atoms with Crippen LogP contribution in [0.3, 0.4) is 0 Å². The van der Waals surface area contributed by atoms with Crippen molar-refractivity contribution in [2.45, 2.75) is 18.8 Å². The fourth-order valence-corrected chi connectivity index (χ4v) is 2.41. The van der Waals surface area contributed by atoms with E-state index in [1.54, 1.807) is 34.2 Å². The lowest BCUT2D eigenvalue weighted by atomic mass is 10.3. The Balaban J connectivity index is 2.37. The molecule has 1 aliphatic carbocycles. The van der Waals surface area contributed by atoms with Gasteiger partial charge in [-0.1, -0.05) is 0 Å². The molecule has 0 N–H and O–H groups in total. The highest BCUT2D eigenvalue weighted by atomic mass is 127. The van der Waals surface area contributed by atoms with Crippen LogP contribution in [0.1, 0.15) is 24.6 Å². The van der Waals surface area contributed by atoms with Crippen molar-refractivity contribution in [2.75, 3.05) is 0 Å². The molecule has 16 heavy (non-hydrogen) atoms. The summed E-state index contributed by atoms with van der Waals surface area (Å²) < 4.78 is 29.1. The van der Waals surface area contributed by atoms with E-state index < -0.39 is 11.6 Å². The molecule has 1 aromatic heterocycles. The van der Waals surface area contributed by atoms with Gasteiger partial charge in [-0.15, -0.1) is 0 Å². The second-order valence-electron chi connectivity index (χ2n) is 4.16. The van der Waals surface area contributed by atoms with Gasteiger partial charge in [0, 0.05) is 19.0 Å². The van der Waals surface area contributed by atoms with Gasteiger partial charge in [0.25, 0.3) is 0 Å². The molecule has 0 aliphatic heterocycles. The van der Waals surface area contributed by atoms with E-state index in [1.807, 2.05) is 0 Å². The van der Waals surface area contributed by atoms with E-state index in [1.165, 1.54) is 6.07 Å². The number of benzene rings is 1. The molecule has 3 rings (SSSR count). The fourth-order valence-electron chi connectivity index (χ4n) is 2.00. The second kappa shape index (κ2) is 3.38. The topological polar surface area (TPSA) is 17.8 Å². The standard InChI is InChI=1S/C11H9F2IN2/c1-16-10-7(15-11(16)5-2-3-5)4-6(12)9(14)8(10)13/h4-5H,2-3H2,1H3. The van der Waals surface area contributed by atoms with Gasteiger partial charge in [0.1, 0.15) is 17.2 Å². The van der Waals surface area contributed by atoms with Crippen LogP contribution in [0.4, 0.5) is 8.78 Å². The van der Waals surface area contributed by atoms with E-state index in [4.69, 9.17) is 0 Å². The van der Waals surface area contributed by atoms with Crippen molar-refractivity contribution in [3.05, 3.63) is 27.1 Å². The Morgan fingerprint density at radius 1 is 1.44 bits per heavy atom. The summed E-state index contributed by atoms with van der Waals surface area (Å²) in [7, 11) is 1.79. The van der Waals surface area contributed by atoms with Crippen LogP contribution in [-0.4, -0.2) is 9.55 Å². The summed E-state index contributed by atoms with van der Waals surface area (Å²) in [4.78, 5) is 4.32. The summed E-state index contributed by atoms with van der Waals surface area (Å²) in [5.41, 5.74) is 0.826. The molecule has 0 radical (unpaired) electrons. The van der Waals surface area contributed by atoms with Gasteiger partial charge in [0.05, 0.1) is 9.09 Å². The first-order valence-electron chi connectivity index (χ1n) is 5.09. The highest BCUT2D eigenvalue weighted by Gasteiger charge is 2.30. The Bertz CT molecular complexity index is 587. The summed E-state index contributed by atoms with van der Waals surface area (Å²) in [6, 6.07) is 1.31. The van der Waals surface area contributed by atoms with E-state index in [0.29, 0.717) is 17.0 Å². The number of fused-ring (bicyclic) bond motifs is 1. The molecule has 2 aromatic rings. The molecule has 0 atom stereocenters. The lowest BCUT2D eigenvalue weighted by molar-refractivity contribution is 0.575. The van der Waals surface area contributed by atoms with Crippen LogP contribution in [0.25, 0.3) is 11.0 Å². The van der Waals surface area contributed by atoms with Gasteiger partial charge in [-0.05, 0) is 35.4 Å². The Morgan fingerprint density at radius 3 is 2.75 bits per heavy atom. The third-order valence-corrected chi connectivity index (χ3v) is 3.96. The number of hydrogen-bond acceptors (Lipinski definition) is 1. The van der Waals surface area contributed by atoms with Crippen LogP contribution in [-0.2, 0) is 7.05 Å². The molecule has 1 saturated carbocycles. The molecule has 1 heterocycles. The van der Waals surface area contributed by atoms with Gasteiger partial charge < -0.3 is 4.57 Å². The molecule has 0 spiro atoms. The minimum absolute atomic E-state index is 0.0375. The quantitative estimate of drug-likeness (QED) is 0.578. The maximum atomic E-state index is 13.9. The number of aromatic nitrogens is 2. The molecule has 0 unspecified atom stereocenters. The maximum absolute atomic E-state index is 13.9. The summed E-state index contributed by atoms with van der Waals surface area (Å²) >= 11 is 1.68. The molecule has 84 valence electrons. The minimum atomic E-state index is -0.536. The Hall–Kier alpha value is -0.720. The number of nitrogens with zero attached hydrogens (tertiary/aromatic N) is 2. The molecule has 0 bridgehead atoms. The number of halogens is 3. The van der Waals surface area contributed by atoms with Crippen molar-refractivity contribution in [1.82, 2.24) is 9.55 Å². The van der Waals surface area contributed by atoms with Gasteiger partial charge in [-0.25, -0.2) is 13.8 Å². The van der Waals surface area contributed by atoms with E-state index in [9.17, 15) is 8.78 Å². The molecule has 0 amide bonds. The second-order valence-corrected chi connectivity index (χ2v) is 5.24. The fraction of sp³-hybridized carbons (Fsp3) is 0.364. The van der Waals surface area contributed by atoms with Crippen molar-refractivity contribution in [3.63, 3.8) is 0 Å². The number of hydrogen-bond donors (Lipinski definition) is 0. The van der Waals surface area contributed by atoms with Gasteiger partial charge in [0.2, 0.25) is 0 Å². The maximum Gasteiger partial charge on any atom is 0.165 e. The van der Waals surface area contributed by atoms with Crippen molar-refractivity contribution >= 4 is 33.6 Å². The highest BCUT2D eigenvalue weighted by Crippen LogP contribution is 2.40. The lowest BCUT2D eigenvalue weighted by Gasteiger charge is -2.02. The summed E-state index contributed by atoms with van der Waals surface area (Å²) in [6.07, 6.45) is 2.19. The predicted molar refractivity (Wildman–Crippen MR) is 65.3 cm³/mol. The average molecular weight is 334 g/mol. The van der Waals surface area contributed by atoms with Crippen LogP contribution in [0.5, 0.6) is 0 Å². The van der Waals surface area contributed by atoms with E-state index >= 15 is 0 Å². The van der Waals surface area contributed by atoms with Crippen LogP contribution in [0.15, 0.2) is 6.07 Å². The summed E-state index contributed by atoms with van der Waals surface area (Å²) in [5, 5.41) is 0. The SMILES string of the molecule is Cn1c(C2CC2)nc2cc(F)c(I)c(F)c21. The van der Waals surface area contributed by atoms with Gasteiger partial charge >= 0.3 is 0 Å². The zero-order chi connectivity index (χ0) is 11.4. The van der Waals surface area contributed by atoms with E-state index in [0.717, 1.165) is 18.7 Å². The molecule has 1 aromatic carbocycles. The molecular formula is C11H9F2IN2. The molecule has 2 nitrogen and oxygen atoms in total. The Kier molecular flexibility index (Phi) is 2.21. The van der Waals surface area contributed by atoms with Crippen LogP contribution >= 0.6 is 22.6 Å². The molecule has 5 heteroatoms. The normalized spacial score (nSPS) is 16.0. The average Bonchev–Trinajstić information content (AvgIpc) is 3.02. The summed E-state index contributed by atoms with van der Waals surface area (Å²) in [6.45, 7) is 0. The van der Waals surface area contributed by atoms with E-state index in [2.05, 4.69) is 4.98 Å². The van der Waals surface area contributed by atoms with Crippen LogP contribution < -0.4 is 0 Å². The largest absolute Gasteiger partial charge is 0.328 e. The third-order valence-electron chi connectivity index (χ3n) is 2.97. The lowest BCUT2D eigenvalue weighted by Crippen LogP contribution is -1.98. The van der Waals surface area contributed by atoms with Crippen LogP contribution in [0, 0.1) is 15.2 Å². The smallest absolute Gasteiger partial charge is 0.165 e. The zero-order valence-electron chi connectivity index (χ0n) is 8.60. The van der Waals surface area contributed by atoms with Crippen molar-refractivity contribution < 1.29 is 8.78 Å². The first-order valence-corrected chi connectivity index (χ1v) is 6.17. The number of rotatable bonds is 1. The highest BCUT2D eigenvalue weighted by molar-refractivity contribution is 14.1. The number of aryl methyl sites for hydroxylation is 1. The molecule has 1 aliphatic rings. The van der Waals surface area contributed by atoms with Crippen LogP contribution in [0.2, 0.25) is 0 Å². The Morgan fingerprint density at radius 2 is 2.12 bits per heavy atom. The first kappa shape index (κ1) is 10.4. The van der Waals surface area contributed by atoms with Crippen molar-refractivity contribution in [3.8, 4) is 0 Å². The third kappa shape index (κ3) is 1.37. The molecule has 1 fully saturated rings. The Labute approximate surface area is 105 Å². The van der Waals surface area contributed by atoms with Crippen molar-refractivity contribution in [2.24, 2.45) is 7.05 Å².